The van der Waals surface area contributed by atoms with E-state index in [1.165, 1.54) is 19.3 Å². The summed E-state index contributed by atoms with van der Waals surface area (Å²) in [6.07, 6.45) is 6.05. The van der Waals surface area contributed by atoms with Crippen molar-refractivity contribution in [2.75, 3.05) is 6.54 Å². The van der Waals surface area contributed by atoms with E-state index in [1.807, 2.05) is 0 Å². The van der Waals surface area contributed by atoms with Crippen LogP contribution in [0, 0.1) is 29.1 Å². The minimum atomic E-state index is 0.552. The minimum Gasteiger partial charge on any atom is -0.330 e. The molecule has 0 aromatic carbocycles. The van der Waals surface area contributed by atoms with Crippen molar-refractivity contribution in [1.82, 2.24) is 0 Å². The molecule has 3 aliphatic carbocycles. The van der Waals surface area contributed by atoms with E-state index in [0.717, 1.165) is 30.2 Å². The van der Waals surface area contributed by atoms with Gasteiger partial charge in [0.15, 0.2) is 0 Å². The Morgan fingerprint density at radius 2 is 2.08 bits per heavy atom. The fraction of sp³-hybridized carbons (Fsp3) is 1.00. The molecule has 0 aliphatic heterocycles. The summed E-state index contributed by atoms with van der Waals surface area (Å²) >= 11 is 0. The second-order valence-electron chi connectivity index (χ2n) is 5.50. The molecule has 0 amide bonds. The van der Waals surface area contributed by atoms with E-state index in [1.54, 1.807) is 6.42 Å². The fourth-order valence-corrected chi connectivity index (χ4v) is 4.53. The maximum absolute atomic E-state index is 5.91. The van der Waals surface area contributed by atoms with E-state index in [2.05, 4.69) is 6.92 Å². The van der Waals surface area contributed by atoms with Crippen LogP contribution in [-0.4, -0.2) is 6.54 Å². The summed E-state index contributed by atoms with van der Waals surface area (Å²) in [6.45, 7) is 3.37. The summed E-state index contributed by atoms with van der Waals surface area (Å²) in [5.41, 5.74) is 6.46. The molecular weight excluding hydrogens is 146 g/mol. The van der Waals surface area contributed by atoms with E-state index in [0.29, 0.717) is 5.41 Å². The third kappa shape index (κ3) is 0.618. The van der Waals surface area contributed by atoms with Crippen LogP contribution < -0.4 is 5.73 Å². The van der Waals surface area contributed by atoms with E-state index in [-0.39, 0.29) is 0 Å². The summed E-state index contributed by atoms with van der Waals surface area (Å²) in [5, 5.41) is 0. The number of fused-ring (bicyclic) bond motifs is 1. The number of rotatable bonds is 1. The second-order valence-corrected chi connectivity index (χ2v) is 5.50. The van der Waals surface area contributed by atoms with E-state index >= 15 is 0 Å². The molecule has 0 saturated heterocycles. The highest BCUT2D eigenvalue weighted by atomic mass is 14.7. The zero-order chi connectivity index (χ0) is 8.34. The van der Waals surface area contributed by atoms with Crippen LogP contribution in [0.1, 0.15) is 32.6 Å². The van der Waals surface area contributed by atoms with Crippen molar-refractivity contribution < 1.29 is 0 Å². The zero-order valence-electron chi connectivity index (χ0n) is 7.92. The molecule has 0 aromatic rings. The average molecular weight is 165 g/mol. The first-order valence-electron chi connectivity index (χ1n) is 5.46. The van der Waals surface area contributed by atoms with E-state index < -0.39 is 0 Å². The molecule has 2 bridgehead atoms. The fourth-order valence-electron chi connectivity index (χ4n) is 4.53. The molecule has 1 nitrogen and oxygen atoms in total. The van der Waals surface area contributed by atoms with Crippen LogP contribution >= 0.6 is 0 Å². The molecule has 0 heterocycles. The van der Waals surface area contributed by atoms with Gasteiger partial charge in [0, 0.05) is 0 Å². The van der Waals surface area contributed by atoms with Gasteiger partial charge in [-0.2, -0.15) is 0 Å². The van der Waals surface area contributed by atoms with Crippen molar-refractivity contribution in [3.63, 3.8) is 0 Å². The van der Waals surface area contributed by atoms with Gasteiger partial charge < -0.3 is 5.73 Å². The monoisotopic (exact) mass is 165 g/mol. The molecule has 3 aliphatic rings. The van der Waals surface area contributed by atoms with Gasteiger partial charge in [-0.1, -0.05) is 13.3 Å². The smallest absolute Gasteiger partial charge is 0.00177 e. The van der Waals surface area contributed by atoms with Gasteiger partial charge in [-0.3, -0.25) is 0 Å². The number of nitrogens with two attached hydrogens (primary N) is 1. The number of hydrogen-bond acceptors (Lipinski definition) is 1. The summed E-state index contributed by atoms with van der Waals surface area (Å²) < 4.78 is 0. The lowest BCUT2D eigenvalue weighted by molar-refractivity contribution is -0.0899. The molecule has 3 rings (SSSR count). The Bertz CT molecular complexity index is 205. The van der Waals surface area contributed by atoms with Crippen molar-refractivity contribution in [2.45, 2.75) is 32.6 Å². The van der Waals surface area contributed by atoms with Gasteiger partial charge in [0.25, 0.3) is 0 Å². The molecular formula is C11H19N. The molecule has 2 N–H and O–H groups in total. The van der Waals surface area contributed by atoms with Crippen LogP contribution in [0.5, 0.6) is 0 Å². The standard InChI is InChI=1S/C11H19N/c1-11(6-12)9-3-2-7-4-8(9)10(11)5-7/h7-10H,2-6,12H2,1H3/t7?,8?,9?,10?,11-/m0/s1. The Morgan fingerprint density at radius 1 is 1.25 bits per heavy atom. The maximum Gasteiger partial charge on any atom is -0.00177 e. The number of hydrogen-bond donors (Lipinski definition) is 1. The Balaban J connectivity index is 1.93. The summed E-state index contributed by atoms with van der Waals surface area (Å²) in [6, 6.07) is 0. The Labute approximate surface area is 74.7 Å². The molecule has 5 atom stereocenters. The van der Waals surface area contributed by atoms with Gasteiger partial charge in [-0.25, -0.2) is 0 Å². The molecule has 4 unspecified atom stereocenters. The normalized spacial score (nSPS) is 61.5. The highest BCUT2D eigenvalue weighted by Gasteiger charge is 2.63. The largest absolute Gasteiger partial charge is 0.330 e. The lowest BCUT2D eigenvalue weighted by atomic mass is 9.47. The Kier molecular flexibility index (Phi) is 1.27. The van der Waals surface area contributed by atoms with Crippen LogP contribution in [-0.2, 0) is 0 Å². The topological polar surface area (TPSA) is 26.0 Å². The van der Waals surface area contributed by atoms with E-state index in [4.69, 9.17) is 5.73 Å². The molecule has 3 fully saturated rings. The first kappa shape index (κ1) is 7.37. The maximum atomic E-state index is 5.91. The van der Waals surface area contributed by atoms with Gasteiger partial charge in [0.1, 0.15) is 0 Å². The quantitative estimate of drug-likeness (QED) is 0.632. The zero-order valence-corrected chi connectivity index (χ0v) is 7.92. The van der Waals surface area contributed by atoms with Crippen LogP contribution in [0.2, 0.25) is 0 Å². The minimum absolute atomic E-state index is 0.552. The van der Waals surface area contributed by atoms with Crippen molar-refractivity contribution in [3.05, 3.63) is 0 Å². The van der Waals surface area contributed by atoms with Crippen molar-refractivity contribution >= 4 is 0 Å². The molecule has 0 spiro atoms. The van der Waals surface area contributed by atoms with E-state index in [9.17, 15) is 0 Å². The van der Waals surface area contributed by atoms with Crippen LogP contribution in [0.25, 0.3) is 0 Å². The summed E-state index contributed by atoms with van der Waals surface area (Å²) in [5.74, 6) is 4.20. The van der Waals surface area contributed by atoms with Crippen LogP contribution in [0.15, 0.2) is 0 Å². The highest BCUT2D eigenvalue weighted by molar-refractivity contribution is 5.12. The molecule has 0 aromatic heterocycles. The van der Waals surface area contributed by atoms with Gasteiger partial charge in [-0.05, 0) is 54.9 Å². The predicted molar refractivity (Wildman–Crippen MR) is 49.6 cm³/mol. The van der Waals surface area contributed by atoms with Crippen LogP contribution in [0.4, 0.5) is 0 Å². The van der Waals surface area contributed by atoms with Gasteiger partial charge >= 0.3 is 0 Å². The molecule has 1 heteroatoms. The van der Waals surface area contributed by atoms with Gasteiger partial charge in [-0.15, -0.1) is 0 Å². The molecule has 3 saturated carbocycles. The average Bonchev–Trinajstić information content (AvgIpc) is 2.29. The van der Waals surface area contributed by atoms with Crippen LogP contribution in [0.3, 0.4) is 0 Å². The van der Waals surface area contributed by atoms with Crippen molar-refractivity contribution in [1.29, 1.82) is 0 Å². The lowest BCUT2D eigenvalue weighted by Crippen LogP contribution is -2.56. The second kappa shape index (κ2) is 2.06. The first-order chi connectivity index (χ1) is 5.75. The van der Waals surface area contributed by atoms with Gasteiger partial charge in [0.05, 0.1) is 0 Å². The lowest BCUT2D eigenvalue weighted by Gasteiger charge is -2.58. The predicted octanol–water partition coefficient (Wildman–Crippen LogP) is 2.02. The van der Waals surface area contributed by atoms with Gasteiger partial charge in [0.2, 0.25) is 0 Å². The molecule has 68 valence electrons. The highest BCUT2D eigenvalue weighted by Crippen LogP contribution is 2.68. The molecule has 12 heavy (non-hydrogen) atoms. The van der Waals surface area contributed by atoms with Crippen molar-refractivity contribution in [3.8, 4) is 0 Å². The summed E-state index contributed by atoms with van der Waals surface area (Å²) in [4.78, 5) is 0. The molecule has 0 radical (unpaired) electrons. The van der Waals surface area contributed by atoms with Crippen molar-refractivity contribution in [2.24, 2.45) is 34.8 Å². The SMILES string of the molecule is C[C@]1(CN)C2CCC3CC2C1C3. The third-order valence-corrected chi connectivity index (χ3v) is 5.25. The first-order valence-corrected chi connectivity index (χ1v) is 5.46. The summed E-state index contributed by atoms with van der Waals surface area (Å²) in [7, 11) is 0. The Morgan fingerprint density at radius 3 is 2.83 bits per heavy atom. The Hall–Kier alpha value is -0.0400. The third-order valence-electron chi connectivity index (χ3n) is 5.25.